The van der Waals surface area contributed by atoms with E-state index in [0.29, 0.717) is 22.7 Å². The molecule has 1 aromatic heterocycles. The van der Waals surface area contributed by atoms with Gasteiger partial charge in [-0.25, -0.2) is 14.2 Å². The number of amides is 2. The lowest BCUT2D eigenvalue weighted by atomic mass is 10.0. The summed E-state index contributed by atoms with van der Waals surface area (Å²) < 4.78 is 18.9. The van der Waals surface area contributed by atoms with Crippen molar-refractivity contribution < 1.29 is 13.9 Å². The molecule has 104 valence electrons. The zero-order valence-corrected chi connectivity index (χ0v) is 11.1. The molecular formula is C14H14FN3O2. The van der Waals surface area contributed by atoms with E-state index in [1.165, 1.54) is 13.2 Å². The molecule has 0 aliphatic heterocycles. The number of halogens is 1. The number of pyridine rings is 1. The highest BCUT2D eigenvalue weighted by molar-refractivity contribution is 5.89. The second kappa shape index (κ2) is 5.56. The molecule has 0 bridgehead atoms. The Morgan fingerprint density at radius 2 is 2.15 bits per heavy atom. The van der Waals surface area contributed by atoms with E-state index in [-0.39, 0.29) is 0 Å². The van der Waals surface area contributed by atoms with Gasteiger partial charge in [0.15, 0.2) is 0 Å². The predicted octanol–water partition coefficient (Wildman–Crippen LogP) is 2.70. The quantitative estimate of drug-likeness (QED) is 0.904. The number of anilines is 1. The minimum atomic E-state index is -0.743. The number of carbonyl (C=O) groups excluding carboxylic acids is 1. The molecule has 2 rings (SSSR count). The topological polar surface area (TPSA) is 77.2 Å². The molecule has 3 N–H and O–H groups in total. The minimum Gasteiger partial charge on any atom is -0.481 e. The molecule has 20 heavy (non-hydrogen) atoms. The molecule has 0 saturated carbocycles. The smallest absolute Gasteiger partial charge is 0.316 e. The van der Waals surface area contributed by atoms with Crippen molar-refractivity contribution >= 4 is 11.7 Å². The summed E-state index contributed by atoms with van der Waals surface area (Å²) in [7, 11) is 1.52. The number of nitrogens with one attached hydrogen (secondary N) is 1. The summed E-state index contributed by atoms with van der Waals surface area (Å²) in [6.07, 6.45) is 1.58. The number of ether oxygens (including phenoxy) is 1. The van der Waals surface area contributed by atoms with Crippen molar-refractivity contribution in [3.8, 4) is 17.0 Å². The molecule has 2 amide bonds. The third-order valence-corrected chi connectivity index (χ3v) is 2.87. The van der Waals surface area contributed by atoms with Crippen LogP contribution in [0.5, 0.6) is 5.88 Å². The number of carbonyl (C=O) groups is 1. The molecule has 2 aromatic rings. The fraction of sp³-hybridized carbons (Fsp3) is 0.143. The van der Waals surface area contributed by atoms with Crippen LogP contribution in [0.4, 0.5) is 14.9 Å². The number of rotatable bonds is 3. The standard InChI is InChI=1S/C14H14FN3O2/c1-8-11(9-3-4-13(20-2)17-7-9)5-10(6-12(8)15)18-14(16)19/h3-7H,1-2H3,(H3,16,18,19). The molecular weight excluding hydrogens is 261 g/mol. The zero-order valence-electron chi connectivity index (χ0n) is 11.1. The number of nitrogens with zero attached hydrogens (tertiary/aromatic N) is 1. The summed E-state index contributed by atoms with van der Waals surface area (Å²) in [6, 6.07) is 5.57. The number of primary amides is 1. The maximum Gasteiger partial charge on any atom is 0.316 e. The van der Waals surface area contributed by atoms with Gasteiger partial charge in [0, 0.05) is 23.5 Å². The number of hydrogen-bond donors (Lipinski definition) is 2. The van der Waals surface area contributed by atoms with Crippen molar-refractivity contribution in [2.45, 2.75) is 6.92 Å². The van der Waals surface area contributed by atoms with Crippen molar-refractivity contribution in [1.82, 2.24) is 4.98 Å². The van der Waals surface area contributed by atoms with E-state index >= 15 is 0 Å². The van der Waals surface area contributed by atoms with Crippen molar-refractivity contribution in [1.29, 1.82) is 0 Å². The largest absolute Gasteiger partial charge is 0.481 e. The Labute approximate surface area is 115 Å². The zero-order chi connectivity index (χ0) is 14.7. The number of methoxy groups -OCH3 is 1. The van der Waals surface area contributed by atoms with Crippen LogP contribution in [0.15, 0.2) is 30.5 Å². The average Bonchev–Trinajstić information content (AvgIpc) is 2.42. The van der Waals surface area contributed by atoms with Gasteiger partial charge in [-0.05, 0) is 36.2 Å². The molecule has 0 saturated heterocycles. The summed E-state index contributed by atoms with van der Waals surface area (Å²) in [6.45, 7) is 1.66. The molecule has 6 heteroatoms. The first-order valence-corrected chi connectivity index (χ1v) is 5.88. The molecule has 1 aromatic carbocycles. The summed E-state index contributed by atoms with van der Waals surface area (Å²) in [5, 5.41) is 2.36. The van der Waals surface area contributed by atoms with Crippen LogP contribution in [0.1, 0.15) is 5.56 Å². The van der Waals surface area contributed by atoms with E-state index in [1.807, 2.05) is 0 Å². The third kappa shape index (κ3) is 2.85. The maximum absolute atomic E-state index is 13.9. The highest BCUT2D eigenvalue weighted by Crippen LogP contribution is 2.29. The second-order valence-corrected chi connectivity index (χ2v) is 4.21. The van der Waals surface area contributed by atoms with Gasteiger partial charge in [-0.3, -0.25) is 0 Å². The van der Waals surface area contributed by atoms with Gasteiger partial charge in [-0.2, -0.15) is 0 Å². The highest BCUT2D eigenvalue weighted by Gasteiger charge is 2.10. The van der Waals surface area contributed by atoms with Crippen molar-refractivity contribution in [2.75, 3.05) is 12.4 Å². The van der Waals surface area contributed by atoms with Crippen molar-refractivity contribution in [3.05, 3.63) is 41.8 Å². The van der Waals surface area contributed by atoms with E-state index in [4.69, 9.17) is 10.5 Å². The number of nitrogens with two attached hydrogens (primary N) is 1. The number of benzene rings is 1. The van der Waals surface area contributed by atoms with Crippen LogP contribution in [-0.4, -0.2) is 18.1 Å². The third-order valence-electron chi connectivity index (χ3n) is 2.87. The molecule has 0 aliphatic rings. The van der Waals surface area contributed by atoms with Gasteiger partial charge < -0.3 is 15.8 Å². The van der Waals surface area contributed by atoms with Crippen LogP contribution in [0.25, 0.3) is 11.1 Å². The van der Waals surface area contributed by atoms with Crippen LogP contribution in [-0.2, 0) is 0 Å². The van der Waals surface area contributed by atoms with Crippen LogP contribution in [0.2, 0.25) is 0 Å². The summed E-state index contributed by atoms with van der Waals surface area (Å²) in [5.41, 5.74) is 7.15. The summed E-state index contributed by atoms with van der Waals surface area (Å²) in [5.74, 6) is 0.0420. The highest BCUT2D eigenvalue weighted by atomic mass is 19.1. The predicted molar refractivity (Wildman–Crippen MR) is 74.1 cm³/mol. The monoisotopic (exact) mass is 275 g/mol. The van der Waals surface area contributed by atoms with Gasteiger partial charge in [0.05, 0.1) is 7.11 Å². The summed E-state index contributed by atoms with van der Waals surface area (Å²) >= 11 is 0. The van der Waals surface area contributed by atoms with Gasteiger partial charge in [0.25, 0.3) is 0 Å². The van der Waals surface area contributed by atoms with E-state index in [9.17, 15) is 9.18 Å². The lowest BCUT2D eigenvalue weighted by Crippen LogP contribution is -2.19. The number of aromatic nitrogens is 1. The first-order chi connectivity index (χ1) is 9.51. The van der Waals surface area contributed by atoms with Gasteiger partial charge in [-0.15, -0.1) is 0 Å². The van der Waals surface area contributed by atoms with E-state index in [1.54, 1.807) is 31.3 Å². The first kappa shape index (κ1) is 13.8. The average molecular weight is 275 g/mol. The van der Waals surface area contributed by atoms with Crippen molar-refractivity contribution in [2.24, 2.45) is 5.73 Å². The Morgan fingerprint density at radius 3 is 2.70 bits per heavy atom. The Balaban J connectivity index is 2.48. The number of urea groups is 1. The maximum atomic E-state index is 13.9. The van der Waals surface area contributed by atoms with Gasteiger partial charge in [0.2, 0.25) is 5.88 Å². The fourth-order valence-corrected chi connectivity index (χ4v) is 1.85. The summed E-state index contributed by atoms with van der Waals surface area (Å²) in [4.78, 5) is 14.9. The van der Waals surface area contributed by atoms with Crippen molar-refractivity contribution in [3.63, 3.8) is 0 Å². The van der Waals surface area contributed by atoms with E-state index < -0.39 is 11.8 Å². The van der Waals surface area contributed by atoms with Gasteiger partial charge >= 0.3 is 6.03 Å². The van der Waals surface area contributed by atoms with Crippen LogP contribution in [0, 0.1) is 12.7 Å². The molecule has 0 aliphatic carbocycles. The lowest BCUT2D eigenvalue weighted by molar-refractivity contribution is 0.259. The van der Waals surface area contributed by atoms with Crippen LogP contribution < -0.4 is 15.8 Å². The second-order valence-electron chi connectivity index (χ2n) is 4.21. The molecule has 0 spiro atoms. The molecule has 0 radical (unpaired) electrons. The van der Waals surface area contributed by atoms with Crippen LogP contribution >= 0.6 is 0 Å². The molecule has 0 atom stereocenters. The number of hydrogen-bond acceptors (Lipinski definition) is 3. The minimum absolute atomic E-state index is 0.298. The molecule has 5 nitrogen and oxygen atoms in total. The van der Waals surface area contributed by atoms with E-state index in [2.05, 4.69) is 10.3 Å². The Hall–Kier alpha value is -2.63. The fourth-order valence-electron chi connectivity index (χ4n) is 1.85. The molecule has 1 heterocycles. The van der Waals surface area contributed by atoms with Gasteiger partial charge in [-0.1, -0.05) is 0 Å². The SMILES string of the molecule is COc1ccc(-c2cc(NC(N)=O)cc(F)c2C)cn1. The first-order valence-electron chi connectivity index (χ1n) is 5.88. The molecule has 0 unspecified atom stereocenters. The lowest BCUT2D eigenvalue weighted by Gasteiger charge is -2.11. The molecule has 0 fully saturated rings. The Morgan fingerprint density at radius 1 is 1.40 bits per heavy atom. The van der Waals surface area contributed by atoms with Crippen LogP contribution in [0.3, 0.4) is 0 Å². The normalized spacial score (nSPS) is 10.2. The van der Waals surface area contributed by atoms with E-state index in [0.717, 1.165) is 5.56 Å². The van der Waals surface area contributed by atoms with Gasteiger partial charge in [0.1, 0.15) is 5.82 Å². The Bertz CT molecular complexity index is 642. The Kier molecular flexibility index (Phi) is 3.84.